The number of likely N-dealkylation sites (tertiary alicyclic amines) is 1. The number of hydrogen-bond donors (Lipinski definition) is 1. The molecule has 0 aliphatic carbocycles. The molecule has 4 heterocycles. The van der Waals surface area contributed by atoms with Crippen LogP contribution in [0, 0.1) is 0 Å². The van der Waals surface area contributed by atoms with Crippen molar-refractivity contribution in [3.8, 4) is 17.2 Å². The molecule has 4 aromatic rings. The largest absolute Gasteiger partial charge is 0.381 e. The highest BCUT2D eigenvalue weighted by Gasteiger charge is 2.25. The average Bonchev–Trinajstić information content (AvgIpc) is 3.47. The van der Waals surface area contributed by atoms with Gasteiger partial charge in [-0.05, 0) is 39.1 Å². The predicted molar refractivity (Wildman–Crippen MR) is 121 cm³/mol. The first kappa shape index (κ1) is 20.9. The Bertz CT molecular complexity index is 1290. The summed E-state index contributed by atoms with van der Waals surface area (Å²) in [6, 6.07) is 7.70. The Hall–Kier alpha value is -3.93. The zero-order valence-corrected chi connectivity index (χ0v) is 18.5. The van der Waals surface area contributed by atoms with Gasteiger partial charge in [0.1, 0.15) is 16.9 Å². The van der Waals surface area contributed by atoms with E-state index in [9.17, 15) is 4.79 Å². The quantitative estimate of drug-likeness (QED) is 0.470. The van der Waals surface area contributed by atoms with Crippen molar-refractivity contribution in [2.24, 2.45) is 0 Å². The lowest BCUT2D eigenvalue weighted by atomic mass is 10.1. The molecule has 1 aliphatic rings. The number of amides is 1. The van der Waals surface area contributed by atoms with E-state index in [-0.39, 0.29) is 17.8 Å². The smallest absolute Gasteiger partial charge is 0.236 e. The summed E-state index contributed by atoms with van der Waals surface area (Å²) in [5.41, 5.74) is 8.77. The molecule has 0 spiro atoms. The van der Waals surface area contributed by atoms with Gasteiger partial charge in [-0.2, -0.15) is 19.7 Å². The topological polar surface area (TPSA) is 137 Å². The Balaban J connectivity index is 1.35. The fraction of sp³-hybridized carbons (Fsp3) is 0.381. The van der Waals surface area contributed by atoms with E-state index in [4.69, 9.17) is 5.73 Å². The summed E-state index contributed by atoms with van der Waals surface area (Å²) < 4.78 is 1.58. The number of carbonyl (C=O) groups is 1. The Kier molecular flexibility index (Phi) is 5.42. The van der Waals surface area contributed by atoms with Gasteiger partial charge in [-0.1, -0.05) is 17.3 Å². The van der Waals surface area contributed by atoms with Crippen molar-refractivity contribution in [3.05, 3.63) is 36.7 Å². The van der Waals surface area contributed by atoms with Crippen LogP contribution in [0.5, 0.6) is 0 Å². The zero-order chi connectivity index (χ0) is 22.9. The predicted octanol–water partition coefficient (Wildman–Crippen LogP) is 0.776. The second-order valence-electron chi connectivity index (χ2n) is 8.35. The van der Waals surface area contributed by atoms with Crippen molar-refractivity contribution in [1.82, 2.24) is 49.8 Å². The summed E-state index contributed by atoms with van der Waals surface area (Å²) in [6.45, 7) is 1.81. The molecule has 0 bridgehead atoms. The number of hydrogen-bond acceptors (Lipinski definition) is 9. The molecule has 2 N–H and O–H groups in total. The summed E-state index contributed by atoms with van der Waals surface area (Å²) in [7, 11) is 3.80. The van der Waals surface area contributed by atoms with Crippen LogP contribution in [0.3, 0.4) is 0 Å². The molecule has 1 saturated heterocycles. The molecule has 0 saturated carbocycles. The monoisotopic (exact) mass is 447 g/mol. The molecule has 0 atom stereocenters. The second kappa shape index (κ2) is 8.54. The summed E-state index contributed by atoms with van der Waals surface area (Å²) in [5, 5.41) is 17.5. The lowest BCUT2D eigenvalue weighted by Gasteiger charge is -2.32. The van der Waals surface area contributed by atoms with Crippen LogP contribution in [0.4, 0.5) is 5.82 Å². The van der Waals surface area contributed by atoms with Crippen LogP contribution >= 0.6 is 0 Å². The van der Waals surface area contributed by atoms with Gasteiger partial charge in [0.05, 0.1) is 30.5 Å². The minimum atomic E-state index is 0.127. The van der Waals surface area contributed by atoms with Crippen molar-refractivity contribution < 1.29 is 4.79 Å². The molecule has 0 unspecified atom stereocenters. The molecule has 12 nitrogen and oxygen atoms in total. The molecule has 1 fully saturated rings. The lowest BCUT2D eigenvalue weighted by Crippen LogP contribution is -2.43. The number of anilines is 1. The van der Waals surface area contributed by atoms with Crippen LogP contribution in [-0.4, -0.2) is 89.4 Å². The van der Waals surface area contributed by atoms with Gasteiger partial charge in [-0.3, -0.25) is 4.79 Å². The molecule has 1 aliphatic heterocycles. The highest BCUT2D eigenvalue weighted by molar-refractivity contribution is 5.78. The van der Waals surface area contributed by atoms with Crippen LogP contribution in [0.15, 0.2) is 36.7 Å². The summed E-state index contributed by atoms with van der Waals surface area (Å²) in [6.07, 6.45) is 4.86. The molecule has 5 rings (SSSR count). The van der Waals surface area contributed by atoms with E-state index in [1.807, 2.05) is 48.2 Å². The number of piperidine rings is 1. The van der Waals surface area contributed by atoms with Crippen LogP contribution < -0.4 is 5.73 Å². The Labute approximate surface area is 190 Å². The highest BCUT2D eigenvalue weighted by Crippen LogP contribution is 2.24. The molecule has 1 aromatic carbocycles. The van der Waals surface area contributed by atoms with E-state index in [0.29, 0.717) is 36.8 Å². The van der Waals surface area contributed by atoms with Crippen molar-refractivity contribution in [2.75, 3.05) is 39.5 Å². The molecular weight excluding hydrogens is 422 g/mol. The number of nitrogens with two attached hydrogens (primary N) is 1. The number of benzene rings is 1. The van der Waals surface area contributed by atoms with Crippen molar-refractivity contribution in [1.29, 1.82) is 0 Å². The van der Waals surface area contributed by atoms with E-state index < -0.39 is 0 Å². The molecule has 0 radical (unpaired) electrons. The van der Waals surface area contributed by atoms with E-state index in [1.54, 1.807) is 21.9 Å². The Morgan fingerprint density at radius 2 is 1.94 bits per heavy atom. The Morgan fingerprint density at radius 3 is 2.73 bits per heavy atom. The summed E-state index contributed by atoms with van der Waals surface area (Å²) in [5.74, 6) is 0.790. The van der Waals surface area contributed by atoms with Crippen LogP contribution in [0.25, 0.3) is 28.2 Å². The van der Waals surface area contributed by atoms with Gasteiger partial charge in [0.25, 0.3) is 0 Å². The SMILES string of the molecule is CN(C)CC(=O)N1CCC(n2ncc(-c3cnc(N)c(-n4nnc5ccccc54)n3)n2)CC1. The average molecular weight is 448 g/mol. The van der Waals surface area contributed by atoms with Gasteiger partial charge in [0.15, 0.2) is 11.6 Å². The number of nitrogens with zero attached hydrogens (tertiary/aromatic N) is 10. The lowest BCUT2D eigenvalue weighted by molar-refractivity contribution is -0.133. The fourth-order valence-corrected chi connectivity index (χ4v) is 3.98. The highest BCUT2D eigenvalue weighted by atomic mass is 16.2. The number of aromatic nitrogens is 8. The van der Waals surface area contributed by atoms with Gasteiger partial charge >= 0.3 is 0 Å². The minimum Gasteiger partial charge on any atom is -0.381 e. The number of nitrogen functional groups attached to an aromatic ring is 1. The maximum absolute atomic E-state index is 12.3. The van der Waals surface area contributed by atoms with Crippen molar-refractivity contribution in [2.45, 2.75) is 18.9 Å². The zero-order valence-electron chi connectivity index (χ0n) is 18.5. The third-order valence-corrected chi connectivity index (χ3v) is 5.70. The molecule has 3 aromatic heterocycles. The van der Waals surface area contributed by atoms with Gasteiger partial charge in [0, 0.05) is 13.1 Å². The first-order valence-electron chi connectivity index (χ1n) is 10.8. The number of likely N-dealkylation sites (N-methyl/N-ethyl adjacent to an activating group) is 1. The molecule has 12 heteroatoms. The number of para-hydroxylation sites is 1. The first-order chi connectivity index (χ1) is 16.0. The fourth-order valence-electron chi connectivity index (χ4n) is 3.98. The standard InChI is InChI=1S/C21H25N11O/c1-29(2)13-19(33)30-9-7-14(8-10-30)32-24-12-17(27-32)16-11-23-20(22)21(25-16)31-18-6-4-3-5-15(18)26-28-31/h3-6,11-12,14H,7-10,13H2,1-2H3,(H2,22,23). The maximum Gasteiger partial charge on any atom is 0.236 e. The number of rotatable bonds is 5. The van der Waals surface area contributed by atoms with E-state index in [0.717, 1.165) is 23.9 Å². The molecule has 33 heavy (non-hydrogen) atoms. The van der Waals surface area contributed by atoms with E-state index in [1.165, 1.54) is 0 Å². The van der Waals surface area contributed by atoms with Crippen molar-refractivity contribution in [3.63, 3.8) is 0 Å². The van der Waals surface area contributed by atoms with Crippen molar-refractivity contribution >= 4 is 22.8 Å². The minimum absolute atomic E-state index is 0.127. The molecular formula is C21H25N11O. The van der Waals surface area contributed by atoms with Crippen LogP contribution in [0.2, 0.25) is 0 Å². The van der Waals surface area contributed by atoms with E-state index in [2.05, 4.69) is 30.5 Å². The first-order valence-corrected chi connectivity index (χ1v) is 10.8. The summed E-state index contributed by atoms with van der Waals surface area (Å²) >= 11 is 0. The maximum atomic E-state index is 12.3. The number of fused-ring (bicyclic) bond motifs is 1. The number of carbonyl (C=O) groups excluding carboxylic acids is 1. The summed E-state index contributed by atoms with van der Waals surface area (Å²) in [4.78, 5) is 26.7. The van der Waals surface area contributed by atoms with E-state index >= 15 is 0 Å². The second-order valence-corrected chi connectivity index (χ2v) is 8.35. The van der Waals surface area contributed by atoms with Crippen LogP contribution in [-0.2, 0) is 4.79 Å². The van der Waals surface area contributed by atoms with Gasteiger partial charge in [0.2, 0.25) is 5.91 Å². The normalized spacial score (nSPS) is 14.9. The van der Waals surface area contributed by atoms with Gasteiger partial charge in [-0.15, -0.1) is 5.10 Å². The third-order valence-electron chi connectivity index (χ3n) is 5.70. The third kappa shape index (κ3) is 4.12. The molecule has 1 amide bonds. The van der Waals surface area contributed by atoms with Crippen LogP contribution in [0.1, 0.15) is 18.9 Å². The van der Waals surface area contributed by atoms with Gasteiger partial charge in [-0.25, -0.2) is 9.97 Å². The Morgan fingerprint density at radius 1 is 1.15 bits per heavy atom. The van der Waals surface area contributed by atoms with Gasteiger partial charge < -0.3 is 15.5 Å². The molecule has 170 valence electrons.